The molecule has 0 bridgehead atoms. The molecule has 0 atom stereocenters. The van der Waals surface area contributed by atoms with E-state index in [1.54, 1.807) is 6.07 Å². The summed E-state index contributed by atoms with van der Waals surface area (Å²) < 4.78 is 0. The van der Waals surface area contributed by atoms with Crippen molar-refractivity contribution >= 4 is 11.7 Å². The van der Waals surface area contributed by atoms with Crippen molar-refractivity contribution in [1.29, 1.82) is 0 Å². The molecule has 130 valence electrons. The summed E-state index contributed by atoms with van der Waals surface area (Å²) in [5.74, 6) is 1.04. The first kappa shape index (κ1) is 16.3. The van der Waals surface area contributed by atoms with E-state index in [1.165, 1.54) is 0 Å². The van der Waals surface area contributed by atoms with Crippen molar-refractivity contribution in [3.8, 4) is 11.4 Å². The van der Waals surface area contributed by atoms with Crippen LogP contribution in [0, 0.1) is 0 Å². The largest absolute Gasteiger partial charge is 0.366 e. The molecule has 0 radical (unpaired) electrons. The van der Waals surface area contributed by atoms with E-state index in [0.29, 0.717) is 29.9 Å². The summed E-state index contributed by atoms with van der Waals surface area (Å²) in [7, 11) is 0. The number of rotatable bonds is 6. The van der Waals surface area contributed by atoms with Crippen LogP contribution >= 0.6 is 0 Å². The van der Waals surface area contributed by atoms with Crippen molar-refractivity contribution in [3.05, 3.63) is 78.0 Å². The summed E-state index contributed by atoms with van der Waals surface area (Å²) in [6.45, 7) is 0.635. The molecule has 1 saturated carbocycles. The second kappa shape index (κ2) is 7.35. The zero-order chi connectivity index (χ0) is 17.8. The lowest BCUT2D eigenvalue weighted by Gasteiger charge is -2.10. The van der Waals surface area contributed by atoms with Crippen LogP contribution in [0.15, 0.2) is 66.7 Å². The Hall–Kier alpha value is -3.21. The summed E-state index contributed by atoms with van der Waals surface area (Å²) in [4.78, 5) is 21.5. The fourth-order valence-corrected chi connectivity index (χ4v) is 2.65. The third-order valence-corrected chi connectivity index (χ3v) is 4.22. The molecule has 3 aromatic rings. The molecule has 1 aliphatic carbocycles. The Labute approximate surface area is 152 Å². The fourth-order valence-electron chi connectivity index (χ4n) is 2.65. The number of nitrogens with zero attached hydrogens (tertiary/aromatic N) is 2. The van der Waals surface area contributed by atoms with Crippen LogP contribution < -0.4 is 10.6 Å². The van der Waals surface area contributed by atoms with Crippen molar-refractivity contribution in [2.45, 2.75) is 25.4 Å². The molecule has 5 nitrogen and oxygen atoms in total. The highest BCUT2D eigenvalue weighted by atomic mass is 16.2. The Balaban J connectivity index is 1.62. The topological polar surface area (TPSA) is 66.9 Å². The van der Waals surface area contributed by atoms with Gasteiger partial charge in [-0.25, -0.2) is 9.97 Å². The number of benzene rings is 2. The minimum absolute atomic E-state index is 0.144. The van der Waals surface area contributed by atoms with E-state index in [1.807, 2.05) is 60.7 Å². The van der Waals surface area contributed by atoms with Crippen molar-refractivity contribution < 1.29 is 4.79 Å². The van der Waals surface area contributed by atoms with Crippen LogP contribution in [0.25, 0.3) is 11.4 Å². The Morgan fingerprint density at radius 1 is 0.962 bits per heavy atom. The lowest BCUT2D eigenvalue weighted by molar-refractivity contribution is 0.0946. The Morgan fingerprint density at radius 3 is 2.35 bits per heavy atom. The molecule has 5 heteroatoms. The molecule has 1 fully saturated rings. The first-order valence-electron chi connectivity index (χ1n) is 8.81. The van der Waals surface area contributed by atoms with E-state index in [4.69, 9.17) is 0 Å². The molecule has 1 aliphatic rings. The number of amides is 1. The number of hydrogen-bond acceptors (Lipinski definition) is 4. The predicted octanol–water partition coefficient (Wildman–Crippen LogP) is 3.65. The minimum atomic E-state index is -0.144. The Morgan fingerprint density at radius 2 is 1.65 bits per heavy atom. The fraction of sp³-hybridized carbons (Fsp3) is 0.190. The zero-order valence-electron chi connectivity index (χ0n) is 14.4. The number of carbonyl (C=O) groups is 1. The van der Waals surface area contributed by atoms with Gasteiger partial charge in [-0.2, -0.15) is 0 Å². The van der Waals surface area contributed by atoms with E-state index in [0.717, 1.165) is 24.0 Å². The molecule has 0 aliphatic heterocycles. The Bertz CT molecular complexity index is 892. The van der Waals surface area contributed by atoms with Gasteiger partial charge in [0.2, 0.25) is 0 Å². The van der Waals surface area contributed by atoms with Gasteiger partial charge in [0.15, 0.2) is 5.82 Å². The SMILES string of the molecule is O=C(NC1CC1)c1cc(NCc2ccccc2)nc(-c2ccccc2)n1. The van der Waals surface area contributed by atoms with Gasteiger partial charge in [-0.1, -0.05) is 60.7 Å². The highest BCUT2D eigenvalue weighted by molar-refractivity contribution is 5.93. The van der Waals surface area contributed by atoms with Crippen molar-refractivity contribution in [2.24, 2.45) is 0 Å². The molecule has 1 amide bonds. The maximum absolute atomic E-state index is 12.5. The quantitative estimate of drug-likeness (QED) is 0.716. The average molecular weight is 344 g/mol. The first-order chi connectivity index (χ1) is 12.8. The van der Waals surface area contributed by atoms with Crippen LogP contribution in [0.1, 0.15) is 28.9 Å². The molecule has 0 saturated heterocycles. The monoisotopic (exact) mass is 344 g/mol. The van der Waals surface area contributed by atoms with Gasteiger partial charge in [-0.3, -0.25) is 4.79 Å². The third kappa shape index (κ3) is 4.06. The van der Waals surface area contributed by atoms with E-state index in [-0.39, 0.29) is 5.91 Å². The summed E-state index contributed by atoms with van der Waals surface area (Å²) >= 11 is 0. The molecule has 2 aromatic carbocycles. The molecule has 2 N–H and O–H groups in total. The smallest absolute Gasteiger partial charge is 0.270 e. The molecule has 26 heavy (non-hydrogen) atoms. The number of nitrogens with one attached hydrogen (secondary N) is 2. The minimum Gasteiger partial charge on any atom is -0.366 e. The maximum atomic E-state index is 12.5. The van der Waals surface area contributed by atoms with E-state index in [9.17, 15) is 4.79 Å². The van der Waals surface area contributed by atoms with Crippen molar-refractivity contribution in [2.75, 3.05) is 5.32 Å². The summed E-state index contributed by atoms with van der Waals surface area (Å²) in [5.41, 5.74) is 2.43. The lowest BCUT2D eigenvalue weighted by atomic mass is 10.2. The standard InChI is InChI=1S/C21H20N4O/c26-21(23-17-11-12-17)18-13-19(22-14-15-7-3-1-4-8-15)25-20(24-18)16-9-5-2-6-10-16/h1-10,13,17H,11-12,14H2,(H,23,26)(H,22,24,25). The maximum Gasteiger partial charge on any atom is 0.270 e. The van der Waals surface area contributed by atoms with Crippen LogP contribution in [0.4, 0.5) is 5.82 Å². The number of hydrogen-bond donors (Lipinski definition) is 2. The number of anilines is 1. The van der Waals surface area contributed by atoms with Crippen LogP contribution in [-0.4, -0.2) is 21.9 Å². The van der Waals surface area contributed by atoms with E-state index >= 15 is 0 Å². The summed E-state index contributed by atoms with van der Waals surface area (Å²) in [5, 5.41) is 6.30. The van der Waals surface area contributed by atoms with Crippen molar-refractivity contribution in [3.63, 3.8) is 0 Å². The molecule has 0 spiro atoms. The molecule has 1 heterocycles. The molecule has 0 unspecified atom stereocenters. The molecule has 1 aromatic heterocycles. The van der Waals surface area contributed by atoms with Gasteiger partial charge < -0.3 is 10.6 Å². The highest BCUT2D eigenvalue weighted by Crippen LogP contribution is 2.21. The van der Waals surface area contributed by atoms with Crippen LogP contribution in [0.5, 0.6) is 0 Å². The van der Waals surface area contributed by atoms with Gasteiger partial charge in [-0.05, 0) is 18.4 Å². The summed E-state index contributed by atoms with van der Waals surface area (Å²) in [6.07, 6.45) is 2.09. The van der Waals surface area contributed by atoms with Gasteiger partial charge in [0.25, 0.3) is 5.91 Å². The zero-order valence-corrected chi connectivity index (χ0v) is 14.4. The average Bonchev–Trinajstić information content (AvgIpc) is 3.51. The molecular weight excluding hydrogens is 324 g/mol. The highest BCUT2D eigenvalue weighted by Gasteiger charge is 2.25. The van der Waals surface area contributed by atoms with Gasteiger partial charge in [0.05, 0.1) is 0 Å². The van der Waals surface area contributed by atoms with E-state index < -0.39 is 0 Å². The van der Waals surface area contributed by atoms with Gasteiger partial charge in [0.1, 0.15) is 11.5 Å². The van der Waals surface area contributed by atoms with Crippen LogP contribution in [0.2, 0.25) is 0 Å². The van der Waals surface area contributed by atoms with Gasteiger partial charge in [0, 0.05) is 24.2 Å². The lowest BCUT2D eigenvalue weighted by Crippen LogP contribution is -2.26. The second-order valence-electron chi connectivity index (χ2n) is 6.41. The van der Waals surface area contributed by atoms with Crippen LogP contribution in [-0.2, 0) is 6.54 Å². The first-order valence-corrected chi connectivity index (χ1v) is 8.81. The van der Waals surface area contributed by atoms with Crippen molar-refractivity contribution in [1.82, 2.24) is 15.3 Å². The van der Waals surface area contributed by atoms with E-state index in [2.05, 4.69) is 20.6 Å². The normalized spacial score (nSPS) is 13.2. The Kier molecular flexibility index (Phi) is 4.60. The second-order valence-corrected chi connectivity index (χ2v) is 6.41. The van der Waals surface area contributed by atoms with Gasteiger partial charge >= 0.3 is 0 Å². The van der Waals surface area contributed by atoms with Gasteiger partial charge in [-0.15, -0.1) is 0 Å². The molecular formula is C21H20N4O. The number of aromatic nitrogens is 2. The number of carbonyl (C=O) groups excluding carboxylic acids is 1. The molecule has 4 rings (SSSR count). The third-order valence-electron chi connectivity index (χ3n) is 4.22. The summed E-state index contributed by atoms with van der Waals surface area (Å²) in [6, 6.07) is 21.8. The predicted molar refractivity (Wildman–Crippen MR) is 102 cm³/mol. The van der Waals surface area contributed by atoms with Crippen LogP contribution in [0.3, 0.4) is 0 Å².